The molecule has 0 spiro atoms. The summed E-state index contributed by atoms with van der Waals surface area (Å²) in [5, 5.41) is 5.29. The maximum Gasteiger partial charge on any atom is 0.239 e. The monoisotopic (exact) mass is 264 g/mol. The molecule has 0 aliphatic carbocycles. The van der Waals surface area contributed by atoms with Gasteiger partial charge in [-0.2, -0.15) is 0 Å². The second kappa shape index (κ2) is 9.10. The topological polar surface area (TPSA) is 67.4 Å². The summed E-state index contributed by atoms with van der Waals surface area (Å²) in [5.74, 6) is -0.337. The minimum absolute atomic E-state index is 0.0125. The van der Waals surface area contributed by atoms with Crippen LogP contribution in [0.2, 0.25) is 0 Å². The van der Waals surface area contributed by atoms with Gasteiger partial charge in [0, 0.05) is 20.3 Å². The maximum atomic E-state index is 11.6. The van der Waals surface area contributed by atoms with E-state index < -0.39 is 0 Å². The lowest BCUT2D eigenvalue weighted by Crippen LogP contribution is -2.38. The Kier molecular flexibility index (Phi) is 7.27. The smallest absolute Gasteiger partial charge is 0.239 e. The highest BCUT2D eigenvalue weighted by Gasteiger charge is 2.05. The van der Waals surface area contributed by atoms with E-state index in [9.17, 15) is 9.59 Å². The van der Waals surface area contributed by atoms with Crippen LogP contribution in [0.1, 0.15) is 12.0 Å². The number of nitrogens with one attached hydrogen (secondary N) is 2. The van der Waals surface area contributed by atoms with Crippen molar-refractivity contribution >= 4 is 11.8 Å². The molecule has 1 aromatic rings. The minimum atomic E-state index is -0.183. The maximum absolute atomic E-state index is 11.6. The third-order valence-electron chi connectivity index (χ3n) is 2.50. The molecule has 104 valence electrons. The van der Waals surface area contributed by atoms with Gasteiger partial charge in [-0.15, -0.1) is 0 Å². The number of amides is 2. The number of carbonyl (C=O) groups is 2. The van der Waals surface area contributed by atoms with Crippen LogP contribution < -0.4 is 10.6 Å². The molecule has 1 aromatic carbocycles. The zero-order chi connectivity index (χ0) is 13.9. The molecule has 0 bridgehead atoms. The molecule has 0 atom stereocenters. The zero-order valence-corrected chi connectivity index (χ0v) is 11.1. The first-order valence-electron chi connectivity index (χ1n) is 6.28. The van der Waals surface area contributed by atoms with Crippen molar-refractivity contribution in [1.29, 1.82) is 0 Å². The van der Waals surface area contributed by atoms with E-state index in [0.29, 0.717) is 13.2 Å². The van der Waals surface area contributed by atoms with E-state index in [0.717, 1.165) is 12.0 Å². The van der Waals surface area contributed by atoms with Gasteiger partial charge in [0.2, 0.25) is 11.8 Å². The summed E-state index contributed by atoms with van der Waals surface area (Å²) in [6, 6.07) is 9.42. The van der Waals surface area contributed by atoms with Gasteiger partial charge in [0.25, 0.3) is 0 Å². The van der Waals surface area contributed by atoms with Crippen LogP contribution in [-0.4, -0.2) is 38.6 Å². The quantitative estimate of drug-likeness (QED) is 0.672. The van der Waals surface area contributed by atoms with Gasteiger partial charge in [0.05, 0.1) is 13.0 Å². The first-order valence-corrected chi connectivity index (χ1v) is 6.28. The van der Waals surface area contributed by atoms with Gasteiger partial charge in [-0.05, 0) is 12.0 Å². The second-order valence-corrected chi connectivity index (χ2v) is 4.14. The SMILES string of the molecule is COCCCNC(=O)CNC(=O)Cc1ccccc1. The highest BCUT2D eigenvalue weighted by atomic mass is 16.5. The number of hydrogen-bond acceptors (Lipinski definition) is 3. The van der Waals surface area contributed by atoms with Crippen LogP contribution in [0.4, 0.5) is 0 Å². The van der Waals surface area contributed by atoms with Crippen LogP contribution >= 0.6 is 0 Å². The molecule has 2 N–H and O–H groups in total. The van der Waals surface area contributed by atoms with E-state index in [2.05, 4.69) is 10.6 Å². The summed E-state index contributed by atoms with van der Waals surface area (Å²) in [6.45, 7) is 1.18. The Morgan fingerprint density at radius 3 is 2.53 bits per heavy atom. The predicted octanol–water partition coefficient (Wildman–Crippen LogP) is 0.498. The Bertz CT molecular complexity index is 393. The van der Waals surface area contributed by atoms with Crippen molar-refractivity contribution < 1.29 is 14.3 Å². The van der Waals surface area contributed by atoms with E-state index in [4.69, 9.17) is 4.74 Å². The third kappa shape index (κ3) is 7.21. The summed E-state index contributed by atoms with van der Waals surface area (Å²) in [4.78, 5) is 23.0. The van der Waals surface area contributed by atoms with Crippen molar-refractivity contribution in [2.75, 3.05) is 26.8 Å². The van der Waals surface area contributed by atoms with Gasteiger partial charge in [0.1, 0.15) is 0 Å². The fourth-order valence-corrected chi connectivity index (χ4v) is 1.53. The van der Waals surface area contributed by atoms with Crippen LogP contribution in [0, 0.1) is 0 Å². The zero-order valence-electron chi connectivity index (χ0n) is 11.1. The number of hydrogen-bond donors (Lipinski definition) is 2. The molecule has 19 heavy (non-hydrogen) atoms. The van der Waals surface area contributed by atoms with Crippen molar-refractivity contribution in [2.24, 2.45) is 0 Å². The number of rotatable bonds is 8. The average molecular weight is 264 g/mol. The van der Waals surface area contributed by atoms with E-state index in [-0.39, 0.29) is 24.8 Å². The van der Waals surface area contributed by atoms with Gasteiger partial charge >= 0.3 is 0 Å². The van der Waals surface area contributed by atoms with Crippen LogP contribution in [0.3, 0.4) is 0 Å². The molecule has 5 heteroatoms. The van der Waals surface area contributed by atoms with Gasteiger partial charge in [-0.3, -0.25) is 9.59 Å². The first-order chi connectivity index (χ1) is 9.22. The molecule has 0 aliphatic rings. The fourth-order valence-electron chi connectivity index (χ4n) is 1.53. The van der Waals surface area contributed by atoms with E-state index in [1.807, 2.05) is 30.3 Å². The number of carbonyl (C=O) groups excluding carboxylic acids is 2. The first kappa shape index (κ1) is 15.2. The second-order valence-electron chi connectivity index (χ2n) is 4.14. The van der Waals surface area contributed by atoms with Crippen LogP contribution in [0.5, 0.6) is 0 Å². The third-order valence-corrected chi connectivity index (χ3v) is 2.50. The molecule has 0 aromatic heterocycles. The summed E-state index contributed by atoms with van der Waals surface area (Å²) in [7, 11) is 1.62. The van der Waals surface area contributed by atoms with Crippen LogP contribution in [-0.2, 0) is 20.7 Å². The van der Waals surface area contributed by atoms with Crippen molar-refractivity contribution in [3.8, 4) is 0 Å². The van der Waals surface area contributed by atoms with Gasteiger partial charge in [-0.1, -0.05) is 30.3 Å². The van der Waals surface area contributed by atoms with Gasteiger partial charge in [-0.25, -0.2) is 0 Å². The lowest BCUT2D eigenvalue weighted by atomic mass is 10.1. The van der Waals surface area contributed by atoms with Gasteiger partial charge < -0.3 is 15.4 Å². The fraction of sp³-hybridized carbons (Fsp3) is 0.429. The number of methoxy groups -OCH3 is 1. The van der Waals surface area contributed by atoms with Crippen molar-refractivity contribution in [3.05, 3.63) is 35.9 Å². The summed E-state index contributed by atoms with van der Waals surface area (Å²) >= 11 is 0. The Morgan fingerprint density at radius 2 is 1.84 bits per heavy atom. The molecular formula is C14H20N2O3. The molecule has 5 nitrogen and oxygen atoms in total. The Morgan fingerprint density at radius 1 is 1.11 bits per heavy atom. The number of ether oxygens (including phenoxy) is 1. The van der Waals surface area contributed by atoms with Crippen molar-refractivity contribution in [2.45, 2.75) is 12.8 Å². The summed E-state index contributed by atoms with van der Waals surface area (Å²) in [5.41, 5.74) is 0.931. The van der Waals surface area contributed by atoms with E-state index in [1.54, 1.807) is 7.11 Å². The van der Waals surface area contributed by atoms with Crippen molar-refractivity contribution in [3.63, 3.8) is 0 Å². The molecule has 0 saturated heterocycles. The molecule has 2 amide bonds. The Balaban J connectivity index is 2.14. The highest BCUT2D eigenvalue weighted by Crippen LogP contribution is 1.98. The molecule has 0 aliphatic heterocycles. The van der Waals surface area contributed by atoms with Crippen molar-refractivity contribution in [1.82, 2.24) is 10.6 Å². The lowest BCUT2D eigenvalue weighted by molar-refractivity contribution is -0.125. The van der Waals surface area contributed by atoms with E-state index in [1.165, 1.54) is 0 Å². The molecule has 0 heterocycles. The Hall–Kier alpha value is -1.88. The lowest BCUT2D eigenvalue weighted by Gasteiger charge is -2.06. The predicted molar refractivity (Wildman–Crippen MR) is 72.7 cm³/mol. The summed E-state index contributed by atoms with van der Waals surface area (Å²) in [6.07, 6.45) is 1.05. The summed E-state index contributed by atoms with van der Waals surface area (Å²) < 4.78 is 4.87. The minimum Gasteiger partial charge on any atom is -0.385 e. The molecule has 1 rings (SSSR count). The largest absolute Gasteiger partial charge is 0.385 e. The molecule has 0 radical (unpaired) electrons. The highest BCUT2D eigenvalue weighted by molar-refractivity contribution is 5.85. The Labute approximate surface area is 113 Å². The standard InChI is InChI=1S/C14H20N2O3/c1-19-9-5-8-15-14(18)11-16-13(17)10-12-6-3-2-4-7-12/h2-4,6-7H,5,8-11H2,1H3,(H,15,18)(H,16,17). The van der Waals surface area contributed by atoms with E-state index >= 15 is 0 Å². The van der Waals surface area contributed by atoms with Gasteiger partial charge in [0.15, 0.2) is 0 Å². The van der Waals surface area contributed by atoms with Crippen LogP contribution in [0.15, 0.2) is 30.3 Å². The molecule has 0 saturated carbocycles. The molecular weight excluding hydrogens is 244 g/mol. The van der Waals surface area contributed by atoms with Crippen LogP contribution in [0.25, 0.3) is 0 Å². The number of benzene rings is 1. The normalized spacial score (nSPS) is 9.95. The molecule has 0 unspecified atom stereocenters. The average Bonchev–Trinajstić information content (AvgIpc) is 2.42. The molecule has 0 fully saturated rings.